The van der Waals surface area contributed by atoms with Gasteiger partial charge in [-0.3, -0.25) is 0 Å². The van der Waals surface area contributed by atoms with Crippen molar-refractivity contribution in [2.75, 3.05) is 0 Å². The molecule has 0 N–H and O–H groups in total. The van der Waals surface area contributed by atoms with Crippen molar-refractivity contribution in [3.05, 3.63) is 12.2 Å². The van der Waals surface area contributed by atoms with E-state index in [1.807, 2.05) is 0 Å². The molecule has 2 heteroatoms. The summed E-state index contributed by atoms with van der Waals surface area (Å²) in [6.45, 7) is 27.4. The Morgan fingerprint density at radius 2 is 1.49 bits per heavy atom. The van der Waals surface area contributed by atoms with Gasteiger partial charge < -0.3 is 4.43 Å². The third kappa shape index (κ3) is 6.05. The molecule has 39 heavy (non-hydrogen) atoms. The van der Waals surface area contributed by atoms with E-state index in [9.17, 15) is 0 Å². The van der Waals surface area contributed by atoms with Crippen LogP contribution >= 0.6 is 0 Å². The number of hydrogen-bond acceptors (Lipinski definition) is 1. The molecule has 4 rings (SSSR count). The molecule has 0 spiro atoms. The molecular formula is C37H68OSi. The van der Waals surface area contributed by atoms with Crippen LogP contribution < -0.4 is 0 Å². The van der Waals surface area contributed by atoms with Crippen molar-refractivity contribution < 1.29 is 4.43 Å². The van der Waals surface area contributed by atoms with Crippen molar-refractivity contribution >= 4 is 8.32 Å². The molecule has 0 aromatic heterocycles. The maximum atomic E-state index is 7.26. The molecule has 0 aromatic rings. The van der Waals surface area contributed by atoms with Crippen molar-refractivity contribution in [3.8, 4) is 0 Å². The van der Waals surface area contributed by atoms with E-state index in [-0.39, 0.29) is 5.04 Å². The first-order valence-electron chi connectivity index (χ1n) is 17.4. The summed E-state index contributed by atoms with van der Waals surface area (Å²) in [6.07, 6.45) is 22.5. The molecule has 1 nitrogen and oxygen atoms in total. The highest BCUT2D eigenvalue weighted by molar-refractivity contribution is 6.74. The van der Waals surface area contributed by atoms with Crippen molar-refractivity contribution in [1.82, 2.24) is 0 Å². The van der Waals surface area contributed by atoms with Crippen LogP contribution in [-0.4, -0.2) is 14.4 Å². The maximum Gasteiger partial charge on any atom is 0.192 e. The van der Waals surface area contributed by atoms with Crippen LogP contribution in [0.15, 0.2) is 12.2 Å². The van der Waals surface area contributed by atoms with Gasteiger partial charge in [-0.25, -0.2) is 0 Å². The van der Waals surface area contributed by atoms with Gasteiger partial charge in [0.15, 0.2) is 8.32 Å². The van der Waals surface area contributed by atoms with E-state index in [1.165, 1.54) is 77.0 Å². The minimum absolute atomic E-state index is 0.287. The van der Waals surface area contributed by atoms with Gasteiger partial charge in [-0.2, -0.15) is 0 Å². The summed E-state index contributed by atoms with van der Waals surface area (Å²) in [7, 11) is -1.78. The summed E-state index contributed by atoms with van der Waals surface area (Å²) in [5, 5.41) is 0.287. The second-order valence-electron chi connectivity index (χ2n) is 17.5. The second kappa shape index (κ2) is 11.9. The Bertz CT molecular complexity index is 837. The summed E-state index contributed by atoms with van der Waals surface area (Å²) >= 11 is 0. The van der Waals surface area contributed by atoms with Crippen LogP contribution in [-0.2, 0) is 4.43 Å². The Kier molecular flexibility index (Phi) is 9.71. The van der Waals surface area contributed by atoms with Gasteiger partial charge in [0, 0.05) is 6.10 Å². The van der Waals surface area contributed by atoms with Gasteiger partial charge >= 0.3 is 0 Å². The van der Waals surface area contributed by atoms with E-state index in [1.54, 1.807) is 0 Å². The maximum absolute atomic E-state index is 7.26. The molecule has 0 amide bonds. The molecule has 0 aliphatic heterocycles. The molecule has 0 aromatic carbocycles. The monoisotopic (exact) mass is 557 g/mol. The molecule has 4 saturated carbocycles. The minimum Gasteiger partial charge on any atom is -0.414 e. The van der Waals surface area contributed by atoms with Gasteiger partial charge in [0.1, 0.15) is 0 Å². The third-order valence-electron chi connectivity index (χ3n) is 14.0. The van der Waals surface area contributed by atoms with E-state index in [0.717, 1.165) is 41.4 Å². The molecule has 10 atom stereocenters. The van der Waals surface area contributed by atoms with Crippen molar-refractivity contribution in [2.24, 2.45) is 58.2 Å². The summed E-state index contributed by atoms with van der Waals surface area (Å²) in [5.41, 5.74) is 1.12. The van der Waals surface area contributed by atoms with E-state index in [4.69, 9.17) is 4.43 Å². The zero-order valence-corrected chi connectivity index (χ0v) is 29.2. The number of rotatable bonds is 9. The molecular weight excluding hydrogens is 488 g/mol. The second-order valence-corrected chi connectivity index (χ2v) is 22.3. The number of hydrogen-bond donors (Lipinski definition) is 0. The van der Waals surface area contributed by atoms with E-state index < -0.39 is 8.32 Å². The molecule has 4 aliphatic carbocycles. The molecule has 226 valence electrons. The predicted octanol–water partition coefficient (Wildman–Crippen LogP) is 11.7. The Labute approximate surface area is 246 Å². The lowest BCUT2D eigenvalue weighted by Gasteiger charge is -2.63. The summed E-state index contributed by atoms with van der Waals surface area (Å²) in [6, 6.07) is 0. The SMILES string of the molecule is C/C=C\C[C@@H]1[C@H](O[Si](C)(C)C(C)(C)C)CC[C@@]2(C)[C@H]1CC[C@@H]1[C@@H]2CC[C@]2(C)[C@@H]([C@H](C)CCCC(C)C)CC[C@@H]12. The average Bonchev–Trinajstić information content (AvgIpc) is 3.19. The van der Waals surface area contributed by atoms with Crippen LogP contribution in [0.1, 0.15) is 139 Å². The van der Waals surface area contributed by atoms with E-state index in [2.05, 4.69) is 87.6 Å². The minimum atomic E-state index is -1.78. The molecule has 0 saturated heterocycles. The summed E-state index contributed by atoms with van der Waals surface area (Å²) < 4.78 is 7.26. The first-order chi connectivity index (χ1) is 18.2. The third-order valence-corrected chi connectivity index (χ3v) is 18.5. The highest BCUT2D eigenvalue weighted by atomic mass is 28.4. The fourth-order valence-electron chi connectivity index (χ4n) is 10.8. The number of allylic oxidation sites excluding steroid dienone is 2. The van der Waals surface area contributed by atoms with Gasteiger partial charge in [-0.05, 0) is 141 Å². The van der Waals surface area contributed by atoms with Crippen molar-refractivity contribution in [3.63, 3.8) is 0 Å². The van der Waals surface area contributed by atoms with Gasteiger partial charge in [0.2, 0.25) is 0 Å². The largest absolute Gasteiger partial charge is 0.414 e. The van der Waals surface area contributed by atoms with Gasteiger partial charge in [0.05, 0.1) is 0 Å². The quantitative estimate of drug-likeness (QED) is 0.203. The van der Waals surface area contributed by atoms with E-state index in [0.29, 0.717) is 22.9 Å². The molecule has 0 bridgehead atoms. The normalized spacial score (nSPS) is 41.9. The first kappa shape index (κ1) is 31.8. The van der Waals surface area contributed by atoms with Crippen LogP contribution in [0.5, 0.6) is 0 Å². The van der Waals surface area contributed by atoms with Gasteiger partial charge in [-0.15, -0.1) is 0 Å². The zero-order valence-electron chi connectivity index (χ0n) is 28.2. The predicted molar refractivity (Wildman–Crippen MR) is 173 cm³/mol. The van der Waals surface area contributed by atoms with Crippen molar-refractivity contribution in [2.45, 2.75) is 164 Å². The lowest BCUT2D eigenvalue weighted by molar-refractivity contribution is -0.149. The van der Waals surface area contributed by atoms with Crippen LogP contribution in [0, 0.1) is 58.2 Å². The van der Waals surface area contributed by atoms with Gasteiger partial charge in [-0.1, -0.05) is 86.8 Å². The molecule has 4 fully saturated rings. The smallest absolute Gasteiger partial charge is 0.192 e. The van der Waals surface area contributed by atoms with Crippen LogP contribution in [0.3, 0.4) is 0 Å². The Morgan fingerprint density at radius 3 is 2.13 bits per heavy atom. The molecule has 4 aliphatic rings. The zero-order chi connectivity index (χ0) is 28.8. The van der Waals surface area contributed by atoms with E-state index >= 15 is 0 Å². The molecule has 0 heterocycles. The fourth-order valence-corrected chi connectivity index (χ4v) is 12.2. The van der Waals surface area contributed by atoms with Crippen LogP contribution in [0.4, 0.5) is 0 Å². The average molecular weight is 557 g/mol. The highest BCUT2D eigenvalue weighted by Crippen LogP contribution is 2.69. The Hall–Kier alpha value is -0.0831. The van der Waals surface area contributed by atoms with Crippen LogP contribution in [0.25, 0.3) is 0 Å². The lowest BCUT2D eigenvalue weighted by atomic mass is 9.43. The molecule has 0 radical (unpaired) electrons. The standard InChI is InChI=1S/C37H68OSi/c1-12-13-17-29-32-19-18-28-31-21-20-30(27(4)16-14-15-26(2)3)36(31,8)24-22-33(28)37(32,9)25-23-34(29)38-39(10,11)35(5,6)7/h12-13,26-34H,14-25H2,1-11H3/b13-12-/t27-,28+,29+,30-,31+,32+,33+,34-,36-,37+/m1/s1. The molecule has 0 unspecified atom stereocenters. The lowest BCUT2D eigenvalue weighted by Crippen LogP contribution is -2.58. The van der Waals surface area contributed by atoms with Crippen LogP contribution in [0.2, 0.25) is 18.1 Å². The first-order valence-corrected chi connectivity index (χ1v) is 20.4. The summed E-state index contributed by atoms with van der Waals surface area (Å²) in [4.78, 5) is 0. The van der Waals surface area contributed by atoms with Crippen molar-refractivity contribution in [1.29, 1.82) is 0 Å². The van der Waals surface area contributed by atoms with Gasteiger partial charge in [0.25, 0.3) is 0 Å². The fraction of sp³-hybridized carbons (Fsp3) is 0.946. The Morgan fingerprint density at radius 1 is 0.846 bits per heavy atom. The topological polar surface area (TPSA) is 9.23 Å². The summed E-state index contributed by atoms with van der Waals surface area (Å²) in [5.74, 6) is 7.21. The number of fused-ring (bicyclic) bond motifs is 5. The Balaban J connectivity index is 1.51. The highest BCUT2D eigenvalue weighted by Gasteiger charge is 2.62.